The predicted octanol–water partition coefficient (Wildman–Crippen LogP) is 2.92. The molecule has 0 saturated carbocycles. The van der Waals surface area contributed by atoms with Crippen LogP contribution in [0.5, 0.6) is 0 Å². The fourth-order valence-corrected chi connectivity index (χ4v) is 5.79. The molecule has 3 rings (SSSR count). The van der Waals surface area contributed by atoms with Crippen molar-refractivity contribution in [2.24, 2.45) is 0 Å². The maximum Gasteiger partial charge on any atom is 0.178 e. The molecule has 1 N–H and O–H groups in total. The van der Waals surface area contributed by atoms with Crippen LogP contribution in [0.2, 0.25) is 0 Å². The Hall–Kier alpha value is -0.690. The SMILES string of the molecule is O=S1(=O)CCC(O)(c2cscc2Br)c2ccccc21. The fraction of sp³-hybridized carbons (Fsp3) is 0.231. The first kappa shape index (κ1) is 13.3. The Balaban J connectivity index is 2.29. The molecule has 0 bridgehead atoms. The van der Waals surface area contributed by atoms with Crippen molar-refractivity contribution in [3.05, 3.63) is 50.6 Å². The molecule has 0 spiro atoms. The number of hydrogen-bond acceptors (Lipinski definition) is 4. The van der Waals surface area contributed by atoms with E-state index in [2.05, 4.69) is 15.9 Å². The average molecular weight is 359 g/mol. The fourth-order valence-electron chi connectivity index (χ4n) is 2.46. The second kappa shape index (κ2) is 4.41. The van der Waals surface area contributed by atoms with E-state index in [1.54, 1.807) is 24.3 Å². The number of hydrogen-bond donors (Lipinski definition) is 1. The van der Waals surface area contributed by atoms with Crippen LogP contribution in [-0.2, 0) is 15.4 Å². The van der Waals surface area contributed by atoms with Gasteiger partial charge in [-0.15, -0.1) is 0 Å². The van der Waals surface area contributed by atoms with Crippen LogP contribution in [-0.4, -0.2) is 19.3 Å². The molecule has 1 unspecified atom stereocenters. The van der Waals surface area contributed by atoms with E-state index in [0.29, 0.717) is 5.56 Å². The van der Waals surface area contributed by atoms with Crippen LogP contribution in [0.4, 0.5) is 0 Å². The largest absolute Gasteiger partial charge is 0.380 e. The minimum Gasteiger partial charge on any atom is -0.380 e. The van der Waals surface area contributed by atoms with Crippen molar-refractivity contribution in [2.45, 2.75) is 16.9 Å². The number of benzene rings is 1. The van der Waals surface area contributed by atoms with Crippen LogP contribution >= 0.6 is 27.3 Å². The van der Waals surface area contributed by atoms with E-state index in [4.69, 9.17) is 0 Å². The Morgan fingerprint density at radius 2 is 1.95 bits per heavy atom. The van der Waals surface area contributed by atoms with Gasteiger partial charge in [0, 0.05) is 21.0 Å². The van der Waals surface area contributed by atoms with Gasteiger partial charge in [0.05, 0.1) is 10.6 Å². The molecule has 2 heterocycles. The Kier molecular flexibility index (Phi) is 3.09. The van der Waals surface area contributed by atoms with E-state index in [-0.39, 0.29) is 17.1 Å². The summed E-state index contributed by atoms with van der Waals surface area (Å²) in [5.74, 6) is -0.0389. The first-order valence-corrected chi connectivity index (χ1v) is 9.11. The van der Waals surface area contributed by atoms with Gasteiger partial charge in [0.1, 0.15) is 5.60 Å². The Morgan fingerprint density at radius 1 is 1.21 bits per heavy atom. The Bertz CT molecular complexity index is 736. The second-order valence-corrected chi connectivity index (χ2v) is 8.23. The van der Waals surface area contributed by atoms with Crippen molar-refractivity contribution < 1.29 is 13.5 Å². The zero-order chi connectivity index (χ0) is 13.7. The molecule has 0 aliphatic carbocycles. The van der Waals surface area contributed by atoms with Gasteiger partial charge in [0.25, 0.3) is 0 Å². The van der Waals surface area contributed by atoms with Crippen molar-refractivity contribution >= 4 is 37.1 Å². The van der Waals surface area contributed by atoms with Crippen molar-refractivity contribution in [3.8, 4) is 0 Å². The zero-order valence-corrected chi connectivity index (χ0v) is 13.1. The van der Waals surface area contributed by atoms with Crippen LogP contribution in [0.15, 0.2) is 44.4 Å². The number of thiophene rings is 1. The molecule has 0 fully saturated rings. The van der Waals surface area contributed by atoms with Gasteiger partial charge < -0.3 is 5.11 Å². The van der Waals surface area contributed by atoms with Gasteiger partial charge in [-0.25, -0.2) is 8.42 Å². The predicted molar refractivity (Wildman–Crippen MR) is 78.1 cm³/mol. The average Bonchev–Trinajstić information content (AvgIpc) is 2.82. The molecule has 1 aromatic heterocycles. The van der Waals surface area contributed by atoms with Crippen molar-refractivity contribution in [1.82, 2.24) is 0 Å². The van der Waals surface area contributed by atoms with Crippen LogP contribution in [0, 0.1) is 0 Å². The molecule has 2 aromatic rings. The second-order valence-electron chi connectivity index (χ2n) is 4.56. The van der Waals surface area contributed by atoms with Gasteiger partial charge in [0.15, 0.2) is 9.84 Å². The number of rotatable bonds is 1. The van der Waals surface area contributed by atoms with Crippen LogP contribution in [0.25, 0.3) is 0 Å². The third-order valence-electron chi connectivity index (χ3n) is 3.46. The third-order valence-corrected chi connectivity index (χ3v) is 6.93. The summed E-state index contributed by atoms with van der Waals surface area (Å²) in [6.07, 6.45) is 0.182. The Labute approximate surface area is 124 Å². The van der Waals surface area contributed by atoms with Gasteiger partial charge in [-0.05, 0) is 33.8 Å². The van der Waals surface area contributed by atoms with Gasteiger partial charge in [-0.3, -0.25) is 0 Å². The summed E-state index contributed by atoms with van der Waals surface area (Å²) in [5.41, 5.74) is -0.0269. The molecular formula is C13H11BrO3S2. The molecule has 0 saturated heterocycles. The molecule has 19 heavy (non-hydrogen) atoms. The molecule has 1 aliphatic rings. The molecule has 1 aliphatic heterocycles. The summed E-state index contributed by atoms with van der Waals surface area (Å²) in [6.45, 7) is 0. The summed E-state index contributed by atoms with van der Waals surface area (Å²) >= 11 is 4.90. The van der Waals surface area contributed by atoms with Crippen LogP contribution in [0.1, 0.15) is 17.5 Å². The molecule has 100 valence electrons. The minimum atomic E-state index is -3.29. The number of sulfone groups is 1. The number of aliphatic hydroxyl groups is 1. The summed E-state index contributed by atoms with van der Waals surface area (Å²) in [7, 11) is -3.29. The third kappa shape index (κ3) is 1.98. The molecular weight excluding hydrogens is 348 g/mol. The van der Waals surface area contributed by atoms with E-state index < -0.39 is 15.4 Å². The lowest BCUT2D eigenvalue weighted by atomic mass is 9.85. The lowest BCUT2D eigenvalue weighted by Crippen LogP contribution is -2.36. The summed E-state index contributed by atoms with van der Waals surface area (Å²) in [4.78, 5) is 0.238. The van der Waals surface area contributed by atoms with Gasteiger partial charge in [-0.2, -0.15) is 11.3 Å². The maximum atomic E-state index is 12.1. The summed E-state index contributed by atoms with van der Waals surface area (Å²) in [6, 6.07) is 6.70. The Morgan fingerprint density at radius 3 is 2.63 bits per heavy atom. The highest BCUT2D eigenvalue weighted by Gasteiger charge is 2.42. The van der Waals surface area contributed by atoms with Gasteiger partial charge in [0.2, 0.25) is 0 Å². The van der Waals surface area contributed by atoms with E-state index in [1.807, 2.05) is 10.8 Å². The van der Waals surface area contributed by atoms with E-state index in [1.165, 1.54) is 11.3 Å². The molecule has 1 atom stereocenters. The number of fused-ring (bicyclic) bond motifs is 1. The van der Waals surface area contributed by atoms with Crippen LogP contribution in [0.3, 0.4) is 0 Å². The van der Waals surface area contributed by atoms with Crippen molar-refractivity contribution in [3.63, 3.8) is 0 Å². The summed E-state index contributed by atoms with van der Waals surface area (Å²) < 4.78 is 25.0. The maximum absolute atomic E-state index is 12.1. The topological polar surface area (TPSA) is 54.4 Å². The standard InChI is InChI=1S/C13H11BrO3S2/c14-11-8-18-7-10(11)13(15)5-6-19(16,17)12-4-2-1-3-9(12)13/h1-4,7-8,15H,5-6H2. The van der Waals surface area contributed by atoms with Gasteiger partial charge >= 0.3 is 0 Å². The monoisotopic (exact) mass is 358 g/mol. The first-order chi connectivity index (χ1) is 8.95. The molecule has 1 aromatic carbocycles. The van der Waals surface area contributed by atoms with Gasteiger partial charge in [-0.1, -0.05) is 18.2 Å². The quantitative estimate of drug-likeness (QED) is 0.852. The van der Waals surface area contributed by atoms with Crippen molar-refractivity contribution in [1.29, 1.82) is 0 Å². The minimum absolute atomic E-state index is 0.0389. The molecule has 6 heteroatoms. The van der Waals surface area contributed by atoms with E-state index >= 15 is 0 Å². The smallest absolute Gasteiger partial charge is 0.178 e. The normalized spacial score (nSPS) is 24.9. The highest BCUT2D eigenvalue weighted by molar-refractivity contribution is 9.10. The van der Waals surface area contributed by atoms with Crippen molar-refractivity contribution in [2.75, 3.05) is 5.75 Å². The lowest BCUT2D eigenvalue weighted by Gasteiger charge is -2.34. The lowest BCUT2D eigenvalue weighted by molar-refractivity contribution is 0.0715. The van der Waals surface area contributed by atoms with Crippen LogP contribution < -0.4 is 0 Å². The number of halogens is 1. The molecule has 0 amide bonds. The highest BCUT2D eigenvalue weighted by atomic mass is 79.9. The zero-order valence-electron chi connectivity index (χ0n) is 9.84. The first-order valence-electron chi connectivity index (χ1n) is 5.72. The summed E-state index contributed by atoms with van der Waals surface area (Å²) in [5, 5.41) is 14.8. The van der Waals surface area contributed by atoms with E-state index in [9.17, 15) is 13.5 Å². The highest BCUT2D eigenvalue weighted by Crippen LogP contribution is 2.44. The molecule has 0 radical (unpaired) electrons. The van der Waals surface area contributed by atoms with E-state index in [0.717, 1.165) is 10.0 Å². The molecule has 3 nitrogen and oxygen atoms in total.